The van der Waals surface area contributed by atoms with Crippen molar-refractivity contribution in [2.45, 2.75) is 5.79 Å². The van der Waals surface area contributed by atoms with Gasteiger partial charge in [-0.15, -0.1) is 0 Å². The first-order chi connectivity index (χ1) is 6.37. The Morgan fingerprint density at radius 3 is 2.69 bits per heavy atom. The fourth-order valence-corrected chi connectivity index (χ4v) is 1.41. The molecule has 4 nitrogen and oxygen atoms in total. The number of hydrogen-bond donors (Lipinski definition) is 1. The highest BCUT2D eigenvalue weighted by Gasteiger charge is 2.38. The predicted octanol–water partition coefficient (Wildman–Crippen LogP) is 0.240. The third-order valence-corrected chi connectivity index (χ3v) is 2.08. The van der Waals surface area contributed by atoms with Gasteiger partial charge in [0.2, 0.25) is 5.79 Å². The third kappa shape index (κ3) is 1.44. The Balaban J connectivity index is 2.31. The maximum absolute atomic E-state index is 5.61. The molecule has 0 aliphatic carbocycles. The molecular formula is C9H12N2O2. The summed E-state index contributed by atoms with van der Waals surface area (Å²) < 4.78 is 10.9. The van der Waals surface area contributed by atoms with Crippen LogP contribution in [-0.4, -0.2) is 24.7 Å². The van der Waals surface area contributed by atoms with Gasteiger partial charge >= 0.3 is 0 Å². The van der Waals surface area contributed by atoms with E-state index in [1.54, 1.807) is 6.20 Å². The first-order valence-electron chi connectivity index (χ1n) is 4.27. The average molecular weight is 180 g/mol. The zero-order chi connectivity index (χ0) is 9.15. The van der Waals surface area contributed by atoms with Crippen molar-refractivity contribution in [2.75, 3.05) is 19.8 Å². The molecule has 13 heavy (non-hydrogen) atoms. The fraction of sp³-hybridized carbons (Fsp3) is 0.444. The van der Waals surface area contributed by atoms with Crippen LogP contribution in [0, 0.1) is 0 Å². The SMILES string of the molecule is NCC1(c2ccccn2)OCCO1. The standard InChI is InChI=1S/C9H12N2O2/c10-7-9(12-5-6-13-9)8-3-1-2-4-11-8/h1-4H,5-7,10H2. The number of nitrogens with zero attached hydrogens (tertiary/aromatic N) is 1. The quantitative estimate of drug-likeness (QED) is 0.708. The van der Waals surface area contributed by atoms with E-state index in [-0.39, 0.29) is 0 Å². The first-order valence-corrected chi connectivity index (χ1v) is 4.27. The summed E-state index contributed by atoms with van der Waals surface area (Å²) in [6, 6.07) is 5.60. The third-order valence-electron chi connectivity index (χ3n) is 2.08. The summed E-state index contributed by atoms with van der Waals surface area (Å²) in [5.74, 6) is -0.804. The summed E-state index contributed by atoms with van der Waals surface area (Å²) in [4.78, 5) is 4.17. The molecule has 0 bridgehead atoms. The summed E-state index contributed by atoms with van der Waals surface area (Å²) in [6.07, 6.45) is 1.71. The van der Waals surface area contributed by atoms with Gasteiger partial charge in [0.25, 0.3) is 0 Å². The molecule has 70 valence electrons. The second-order valence-corrected chi connectivity index (χ2v) is 2.87. The number of aromatic nitrogens is 1. The van der Waals surface area contributed by atoms with Gasteiger partial charge in [-0.2, -0.15) is 0 Å². The minimum atomic E-state index is -0.804. The van der Waals surface area contributed by atoms with Gasteiger partial charge in [0, 0.05) is 6.20 Å². The largest absolute Gasteiger partial charge is 0.341 e. The van der Waals surface area contributed by atoms with Crippen LogP contribution in [0.3, 0.4) is 0 Å². The minimum absolute atomic E-state index is 0.296. The molecule has 0 saturated carbocycles. The normalized spacial score (nSPS) is 20.4. The van der Waals surface area contributed by atoms with Crippen LogP contribution in [0.4, 0.5) is 0 Å². The highest BCUT2D eigenvalue weighted by atomic mass is 16.7. The number of rotatable bonds is 2. The molecule has 1 aliphatic rings. The van der Waals surface area contributed by atoms with Gasteiger partial charge < -0.3 is 15.2 Å². The van der Waals surface area contributed by atoms with Gasteiger partial charge in [-0.25, -0.2) is 0 Å². The lowest BCUT2D eigenvalue weighted by molar-refractivity contribution is -0.159. The van der Waals surface area contributed by atoms with Gasteiger partial charge in [-0.3, -0.25) is 4.98 Å². The Labute approximate surface area is 76.7 Å². The predicted molar refractivity (Wildman–Crippen MR) is 46.9 cm³/mol. The number of nitrogens with two attached hydrogens (primary N) is 1. The Morgan fingerprint density at radius 1 is 1.38 bits per heavy atom. The second-order valence-electron chi connectivity index (χ2n) is 2.87. The van der Waals surface area contributed by atoms with Gasteiger partial charge in [-0.05, 0) is 12.1 Å². The van der Waals surface area contributed by atoms with Crippen LogP contribution in [0.1, 0.15) is 5.69 Å². The van der Waals surface area contributed by atoms with Crippen molar-refractivity contribution >= 4 is 0 Å². The van der Waals surface area contributed by atoms with Crippen LogP contribution in [0.15, 0.2) is 24.4 Å². The lowest BCUT2D eigenvalue weighted by atomic mass is 10.2. The Hall–Kier alpha value is -0.970. The minimum Gasteiger partial charge on any atom is -0.341 e. The van der Waals surface area contributed by atoms with Crippen LogP contribution in [-0.2, 0) is 15.3 Å². The molecule has 0 spiro atoms. The van der Waals surface area contributed by atoms with E-state index < -0.39 is 5.79 Å². The van der Waals surface area contributed by atoms with E-state index in [1.807, 2.05) is 18.2 Å². The molecule has 1 aromatic heterocycles. The topological polar surface area (TPSA) is 57.4 Å². The Kier molecular flexibility index (Phi) is 2.26. The maximum atomic E-state index is 5.61. The molecule has 0 aromatic carbocycles. The molecule has 1 saturated heterocycles. The van der Waals surface area contributed by atoms with Crippen molar-refractivity contribution in [1.82, 2.24) is 4.98 Å². The molecule has 4 heteroatoms. The van der Waals surface area contributed by atoms with Crippen LogP contribution in [0.5, 0.6) is 0 Å². The van der Waals surface area contributed by atoms with Gasteiger partial charge in [0.1, 0.15) is 5.69 Å². The van der Waals surface area contributed by atoms with Crippen LogP contribution in [0.2, 0.25) is 0 Å². The van der Waals surface area contributed by atoms with E-state index in [9.17, 15) is 0 Å². The van der Waals surface area contributed by atoms with E-state index in [2.05, 4.69) is 4.98 Å². The zero-order valence-electron chi connectivity index (χ0n) is 7.27. The van der Waals surface area contributed by atoms with Crippen molar-refractivity contribution in [3.05, 3.63) is 30.1 Å². The molecule has 0 unspecified atom stereocenters. The number of pyridine rings is 1. The van der Waals surface area contributed by atoms with Crippen LogP contribution >= 0.6 is 0 Å². The molecule has 0 atom stereocenters. The van der Waals surface area contributed by atoms with Gasteiger partial charge in [-0.1, -0.05) is 6.07 Å². The fourth-order valence-electron chi connectivity index (χ4n) is 1.41. The molecule has 2 rings (SSSR count). The Morgan fingerprint density at radius 2 is 2.15 bits per heavy atom. The van der Waals surface area contributed by atoms with E-state index in [0.29, 0.717) is 19.8 Å². The molecule has 1 aliphatic heterocycles. The maximum Gasteiger partial charge on any atom is 0.225 e. The molecule has 2 heterocycles. The Bertz CT molecular complexity index is 270. The monoisotopic (exact) mass is 180 g/mol. The summed E-state index contributed by atoms with van der Waals surface area (Å²) in [7, 11) is 0. The average Bonchev–Trinajstić information content (AvgIpc) is 2.69. The van der Waals surface area contributed by atoms with Gasteiger partial charge in [0.15, 0.2) is 0 Å². The summed E-state index contributed by atoms with van der Waals surface area (Å²) in [5.41, 5.74) is 6.36. The molecule has 1 aromatic rings. The lowest BCUT2D eigenvalue weighted by Gasteiger charge is -2.24. The highest BCUT2D eigenvalue weighted by Crippen LogP contribution is 2.28. The van der Waals surface area contributed by atoms with Crippen molar-refractivity contribution in [3.8, 4) is 0 Å². The molecule has 1 fully saturated rings. The van der Waals surface area contributed by atoms with Crippen molar-refractivity contribution in [3.63, 3.8) is 0 Å². The first kappa shape index (κ1) is 8.62. The van der Waals surface area contributed by atoms with E-state index in [1.165, 1.54) is 0 Å². The number of ether oxygens (including phenoxy) is 2. The molecule has 0 radical (unpaired) electrons. The zero-order valence-corrected chi connectivity index (χ0v) is 7.27. The molecule has 0 amide bonds. The second kappa shape index (κ2) is 3.41. The van der Waals surface area contributed by atoms with Crippen LogP contribution in [0.25, 0.3) is 0 Å². The van der Waals surface area contributed by atoms with Crippen LogP contribution < -0.4 is 5.73 Å². The van der Waals surface area contributed by atoms with E-state index in [0.717, 1.165) is 5.69 Å². The molecular weight excluding hydrogens is 168 g/mol. The van der Waals surface area contributed by atoms with Gasteiger partial charge in [0.05, 0.1) is 19.8 Å². The van der Waals surface area contributed by atoms with E-state index in [4.69, 9.17) is 15.2 Å². The van der Waals surface area contributed by atoms with Crippen molar-refractivity contribution < 1.29 is 9.47 Å². The highest BCUT2D eigenvalue weighted by molar-refractivity contribution is 5.11. The number of hydrogen-bond acceptors (Lipinski definition) is 4. The summed E-state index contributed by atoms with van der Waals surface area (Å²) in [6.45, 7) is 1.45. The van der Waals surface area contributed by atoms with Crippen molar-refractivity contribution in [1.29, 1.82) is 0 Å². The lowest BCUT2D eigenvalue weighted by Crippen LogP contribution is -2.36. The smallest absolute Gasteiger partial charge is 0.225 e. The van der Waals surface area contributed by atoms with E-state index >= 15 is 0 Å². The van der Waals surface area contributed by atoms with Crippen molar-refractivity contribution in [2.24, 2.45) is 5.73 Å². The summed E-state index contributed by atoms with van der Waals surface area (Å²) >= 11 is 0. The molecule has 2 N–H and O–H groups in total. The summed E-state index contributed by atoms with van der Waals surface area (Å²) in [5, 5.41) is 0.